The van der Waals surface area contributed by atoms with Crippen LogP contribution in [0.15, 0.2) is 48.8 Å². The van der Waals surface area contributed by atoms with Crippen LogP contribution < -0.4 is 0 Å². The quantitative estimate of drug-likeness (QED) is 0.554. The standard InChI is InChI=1S/2C5H4NOS.Mn/c2*7-6-4-2-1-3-5(6)8;/h2*1-4H;/q2*-1;+2. The molecule has 0 fully saturated rings. The summed E-state index contributed by atoms with van der Waals surface area (Å²) in [6, 6.07) is 9.92. The van der Waals surface area contributed by atoms with Crippen LogP contribution in [0.3, 0.4) is 0 Å². The zero-order chi connectivity index (χ0) is 12.0. The summed E-state index contributed by atoms with van der Waals surface area (Å²) in [5.41, 5.74) is 0. The van der Waals surface area contributed by atoms with E-state index in [4.69, 9.17) is 0 Å². The molecule has 0 aliphatic rings. The Morgan fingerprint density at radius 1 is 0.765 bits per heavy atom. The number of pyridine rings is 2. The number of nitrogens with zero attached hydrogens (tertiary/aromatic N) is 2. The Labute approximate surface area is 119 Å². The van der Waals surface area contributed by atoms with Crippen LogP contribution in [0.1, 0.15) is 0 Å². The molecule has 0 spiro atoms. The predicted molar refractivity (Wildman–Crippen MR) is 68.1 cm³/mol. The Balaban J connectivity index is 0.000000284. The summed E-state index contributed by atoms with van der Waals surface area (Å²) in [7, 11) is 0. The molecule has 0 unspecified atom stereocenters. The van der Waals surface area contributed by atoms with Gasteiger partial charge in [-0.15, -0.1) is 0 Å². The molecular weight excluding hydrogens is 299 g/mol. The van der Waals surface area contributed by atoms with Gasteiger partial charge in [0, 0.05) is 0 Å². The van der Waals surface area contributed by atoms with Crippen LogP contribution in [-0.4, -0.2) is 9.46 Å². The third-order valence-electron chi connectivity index (χ3n) is 1.58. The molecule has 0 bridgehead atoms. The fourth-order valence-electron chi connectivity index (χ4n) is 0.825. The van der Waals surface area contributed by atoms with Gasteiger partial charge in [0.1, 0.15) is 9.28 Å². The van der Waals surface area contributed by atoms with Gasteiger partial charge >= 0.3 is 17.1 Å². The van der Waals surface area contributed by atoms with Gasteiger partial charge in [-0.1, -0.05) is 36.6 Å². The summed E-state index contributed by atoms with van der Waals surface area (Å²) in [4.78, 5) is 0. The van der Waals surface area contributed by atoms with Crippen LogP contribution in [0.4, 0.5) is 0 Å². The third-order valence-corrected chi connectivity index (χ3v) is 2.21. The second-order valence-electron chi connectivity index (χ2n) is 2.73. The molecule has 1 radical (unpaired) electrons. The van der Waals surface area contributed by atoms with E-state index in [0.717, 1.165) is 0 Å². The van der Waals surface area contributed by atoms with Crippen LogP contribution in [0, 0.1) is 19.7 Å². The summed E-state index contributed by atoms with van der Waals surface area (Å²) in [5, 5.41) is 20.9. The minimum atomic E-state index is 0. The zero-order valence-corrected chi connectivity index (χ0v) is 11.3. The van der Waals surface area contributed by atoms with Gasteiger partial charge < -0.3 is 19.9 Å². The largest absolute Gasteiger partial charge is 2.00 e. The number of hydrogen-bond acceptors (Lipinski definition) is 4. The van der Waals surface area contributed by atoms with E-state index >= 15 is 0 Å². The first-order chi connectivity index (χ1) is 7.61. The maximum atomic E-state index is 10.4. The maximum Gasteiger partial charge on any atom is 2.00 e. The molecule has 2 heterocycles. The average molecular weight is 307 g/mol. The van der Waals surface area contributed by atoms with Crippen molar-refractivity contribution in [3.8, 4) is 0 Å². The van der Waals surface area contributed by atoms with E-state index in [-0.39, 0.29) is 17.1 Å². The van der Waals surface area contributed by atoms with Crippen molar-refractivity contribution >= 4 is 24.4 Å². The van der Waals surface area contributed by atoms with E-state index in [9.17, 15) is 10.4 Å². The van der Waals surface area contributed by atoms with Crippen LogP contribution >= 0.6 is 24.4 Å². The molecule has 4 nitrogen and oxygen atoms in total. The van der Waals surface area contributed by atoms with E-state index in [1.165, 1.54) is 12.4 Å². The van der Waals surface area contributed by atoms with Crippen molar-refractivity contribution < 1.29 is 17.1 Å². The Morgan fingerprint density at radius 2 is 1.12 bits per heavy atom. The first-order valence-electron chi connectivity index (χ1n) is 4.31. The molecule has 0 aliphatic carbocycles. The third kappa shape index (κ3) is 5.65. The Bertz CT molecular complexity index is 517. The van der Waals surface area contributed by atoms with Crippen molar-refractivity contribution in [1.29, 1.82) is 0 Å². The summed E-state index contributed by atoms with van der Waals surface area (Å²) < 4.78 is 1.92. The monoisotopic (exact) mass is 307 g/mol. The SMILES string of the molecule is [Mn+2].[O-]n1ccccc1=S.[O-]n1ccccc1=S. The molecular formula is C10H8MnN2O2S2. The fourth-order valence-corrected chi connectivity index (χ4v) is 1.10. The number of aromatic nitrogens is 2. The van der Waals surface area contributed by atoms with Gasteiger partial charge in [0.15, 0.2) is 0 Å². The first kappa shape index (κ1) is 15.9. The van der Waals surface area contributed by atoms with E-state index in [0.29, 0.717) is 18.7 Å². The van der Waals surface area contributed by atoms with Gasteiger partial charge in [0.2, 0.25) is 0 Å². The van der Waals surface area contributed by atoms with E-state index in [1.807, 2.05) is 0 Å². The second-order valence-corrected chi connectivity index (χ2v) is 3.57. The normalized spacial score (nSPS) is 8.47. The zero-order valence-electron chi connectivity index (χ0n) is 8.52. The predicted octanol–water partition coefficient (Wildman–Crippen LogP) is 3.12. The van der Waals surface area contributed by atoms with Crippen LogP contribution in [-0.2, 0) is 17.1 Å². The summed E-state index contributed by atoms with van der Waals surface area (Å²) >= 11 is 9.21. The Morgan fingerprint density at radius 3 is 1.29 bits per heavy atom. The Hall–Kier alpha value is -1.14. The maximum absolute atomic E-state index is 10.4. The number of rotatable bonds is 0. The van der Waals surface area contributed by atoms with Crippen molar-refractivity contribution in [2.45, 2.75) is 0 Å². The molecule has 0 saturated carbocycles. The summed E-state index contributed by atoms with van der Waals surface area (Å²) in [5.74, 6) is 0. The average Bonchev–Trinajstić information content (AvgIpc) is 2.28. The Kier molecular flexibility index (Phi) is 7.49. The van der Waals surface area contributed by atoms with Crippen molar-refractivity contribution in [3.05, 3.63) is 68.5 Å². The molecule has 0 aromatic carbocycles. The second kappa shape index (κ2) is 8.02. The first-order valence-corrected chi connectivity index (χ1v) is 5.13. The fraction of sp³-hybridized carbons (Fsp3) is 0. The molecule has 17 heavy (non-hydrogen) atoms. The van der Waals surface area contributed by atoms with Crippen molar-refractivity contribution in [3.63, 3.8) is 0 Å². The van der Waals surface area contributed by atoms with Crippen LogP contribution in [0.25, 0.3) is 0 Å². The molecule has 0 saturated heterocycles. The van der Waals surface area contributed by atoms with Crippen LogP contribution in [0.5, 0.6) is 0 Å². The molecule has 89 valence electrons. The van der Waals surface area contributed by atoms with Gasteiger partial charge in [-0.25, -0.2) is 0 Å². The van der Waals surface area contributed by atoms with Gasteiger partial charge in [0.05, 0.1) is 0 Å². The van der Waals surface area contributed by atoms with Crippen molar-refractivity contribution in [1.82, 2.24) is 9.46 Å². The van der Waals surface area contributed by atoms with Gasteiger partial charge in [0.25, 0.3) is 0 Å². The number of hydrogen-bond donors (Lipinski definition) is 0. The smallest absolute Gasteiger partial charge is 0.805 e. The topological polar surface area (TPSA) is 56.0 Å². The molecule has 0 atom stereocenters. The van der Waals surface area contributed by atoms with Gasteiger partial charge in [-0.3, -0.25) is 0 Å². The molecule has 7 heteroatoms. The van der Waals surface area contributed by atoms with Crippen molar-refractivity contribution in [2.24, 2.45) is 0 Å². The molecule has 2 aromatic heterocycles. The van der Waals surface area contributed by atoms with E-state index in [2.05, 4.69) is 24.4 Å². The molecule has 2 aromatic rings. The van der Waals surface area contributed by atoms with Gasteiger partial charge in [-0.2, -0.15) is 0 Å². The summed E-state index contributed by atoms with van der Waals surface area (Å²) in [6.45, 7) is 0. The van der Waals surface area contributed by atoms with Gasteiger partial charge in [-0.05, 0) is 36.7 Å². The van der Waals surface area contributed by atoms with Crippen molar-refractivity contribution in [2.75, 3.05) is 0 Å². The van der Waals surface area contributed by atoms with Crippen LogP contribution in [0.2, 0.25) is 0 Å². The molecule has 2 rings (SSSR count). The summed E-state index contributed by atoms with van der Waals surface area (Å²) in [6.07, 6.45) is 2.75. The molecule has 0 amide bonds. The molecule has 0 aliphatic heterocycles. The van der Waals surface area contributed by atoms with E-state index < -0.39 is 0 Å². The van der Waals surface area contributed by atoms with E-state index in [1.54, 1.807) is 36.4 Å². The minimum absolute atomic E-state index is 0. The minimum Gasteiger partial charge on any atom is -0.805 e. The molecule has 0 N–H and O–H groups in total.